The van der Waals surface area contributed by atoms with Crippen molar-refractivity contribution in [3.63, 3.8) is 0 Å². The van der Waals surface area contributed by atoms with Gasteiger partial charge in [0.15, 0.2) is 0 Å². The Hall–Kier alpha value is -1.10. The van der Waals surface area contributed by atoms with E-state index in [2.05, 4.69) is 5.32 Å². The zero-order chi connectivity index (χ0) is 14.8. The molecule has 2 bridgehead atoms. The number of carboxylic acid groups (broad SMARTS) is 1. The second-order valence-electron chi connectivity index (χ2n) is 6.98. The van der Waals surface area contributed by atoms with Crippen LogP contribution in [0, 0.1) is 11.3 Å². The molecular weight excluding hydrogens is 258 g/mol. The van der Waals surface area contributed by atoms with Gasteiger partial charge in [-0.3, -0.25) is 9.59 Å². The van der Waals surface area contributed by atoms with Crippen LogP contribution in [0.2, 0.25) is 0 Å². The molecule has 3 atom stereocenters. The molecule has 2 N–H and O–H groups in total. The van der Waals surface area contributed by atoms with E-state index in [0.29, 0.717) is 5.92 Å². The van der Waals surface area contributed by atoms with Gasteiger partial charge in [-0.15, -0.1) is 0 Å². The van der Waals surface area contributed by atoms with E-state index in [1.807, 2.05) is 13.8 Å². The molecule has 20 heavy (non-hydrogen) atoms. The Kier molecular flexibility index (Phi) is 4.68. The average molecular weight is 283 g/mol. The molecule has 2 heterocycles. The lowest BCUT2D eigenvalue weighted by atomic mass is 9.85. The van der Waals surface area contributed by atoms with Crippen molar-refractivity contribution in [3.05, 3.63) is 0 Å². The van der Waals surface area contributed by atoms with Gasteiger partial charge in [0.25, 0.3) is 0 Å². The summed E-state index contributed by atoms with van der Waals surface area (Å²) < 4.78 is 5.80. The molecule has 1 saturated carbocycles. The van der Waals surface area contributed by atoms with Gasteiger partial charge in [0.1, 0.15) is 0 Å². The largest absolute Gasteiger partial charge is 0.481 e. The Labute approximate surface area is 120 Å². The third-order valence-electron chi connectivity index (χ3n) is 4.36. The maximum Gasteiger partial charge on any atom is 0.303 e. The summed E-state index contributed by atoms with van der Waals surface area (Å²) in [6.07, 6.45) is 4.69. The summed E-state index contributed by atoms with van der Waals surface area (Å²) >= 11 is 0. The molecule has 2 aliphatic heterocycles. The number of aliphatic carboxylic acids is 1. The first-order valence-corrected chi connectivity index (χ1v) is 7.48. The molecule has 3 rings (SSSR count). The second kappa shape index (κ2) is 6.12. The van der Waals surface area contributed by atoms with Gasteiger partial charge in [0.05, 0.1) is 18.6 Å². The monoisotopic (exact) mass is 283 g/mol. The summed E-state index contributed by atoms with van der Waals surface area (Å²) in [5, 5.41) is 11.9. The van der Waals surface area contributed by atoms with Crippen LogP contribution < -0.4 is 5.32 Å². The zero-order valence-electron chi connectivity index (χ0n) is 12.4. The molecule has 1 aliphatic carbocycles. The lowest BCUT2D eigenvalue weighted by molar-refractivity contribution is -0.139. The van der Waals surface area contributed by atoms with Crippen molar-refractivity contribution < 1.29 is 19.4 Å². The summed E-state index contributed by atoms with van der Waals surface area (Å²) in [6, 6.07) is 0.0932. The fourth-order valence-electron chi connectivity index (χ4n) is 3.30. The van der Waals surface area contributed by atoms with Crippen molar-refractivity contribution in [2.75, 3.05) is 6.61 Å². The first kappa shape index (κ1) is 15.3. The lowest BCUT2D eigenvalue weighted by Gasteiger charge is -2.29. The molecule has 0 aromatic rings. The minimum Gasteiger partial charge on any atom is -0.481 e. The molecule has 0 aromatic heterocycles. The van der Waals surface area contributed by atoms with E-state index in [-0.39, 0.29) is 30.9 Å². The molecule has 3 unspecified atom stereocenters. The summed E-state index contributed by atoms with van der Waals surface area (Å²) in [5.74, 6) is -0.272. The molecule has 0 radical (unpaired) electrons. The van der Waals surface area contributed by atoms with E-state index in [9.17, 15) is 9.59 Å². The van der Waals surface area contributed by atoms with Gasteiger partial charge in [-0.25, -0.2) is 0 Å². The number of hydrogen-bond acceptors (Lipinski definition) is 3. The minimum atomic E-state index is -0.862. The minimum absolute atomic E-state index is 0.00703. The van der Waals surface area contributed by atoms with Crippen LogP contribution in [0.25, 0.3) is 0 Å². The molecule has 0 spiro atoms. The molecule has 3 aliphatic rings. The number of rotatable bonds is 5. The van der Waals surface area contributed by atoms with Gasteiger partial charge in [0, 0.05) is 13.0 Å². The first-order chi connectivity index (χ1) is 9.35. The number of carbonyl (C=O) groups excluding carboxylic acids is 1. The van der Waals surface area contributed by atoms with Gasteiger partial charge >= 0.3 is 5.97 Å². The van der Waals surface area contributed by atoms with Crippen LogP contribution in [0.4, 0.5) is 0 Å². The third-order valence-corrected chi connectivity index (χ3v) is 4.36. The van der Waals surface area contributed by atoms with Crippen LogP contribution in [0.15, 0.2) is 0 Å². The van der Waals surface area contributed by atoms with Gasteiger partial charge in [0.2, 0.25) is 5.91 Å². The van der Waals surface area contributed by atoms with Crippen LogP contribution in [0.5, 0.6) is 0 Å². The summed E-state index contributed by atoms with van der Waals surface area (Å²) in [6.45, 7) is 4.45. The van der Waals surface area contributed by atoms with E-state index < -0.39 is 11.4 Å². The highest BCUT2D eigenvalue weighted by Crippen LogP contribution is 2.32. The fourth-order valence-corrected chi connectivity index (χ4v) is 3.30. The van der Waals surface area contributed by atoms with Crippen LogP contribution in [0.1, 0.15) is 52.4 Å². The van der Waals surface area contributed by atoms with Gasteiger partial charge in [-0.1, -0.05) is 13.8 Å². The molecule has 5 heteroatoms. The number of carbonyl (C=O) groups is 2. The SMILES string of the molecule is CC(C)(CC(=O)O)CC(=O)NC1CCC2CCC1OC2. The fraction of sp³-hybridized carbons (Fsp3) is 0.867. The number of fused-ring (bicyclic) bond motifs is 4. The van der Waals surface area contributed by atoms with E-state index in [1.165, 1.54) is 6.42 Å². The van der Waals surface area contributed by atoms with Crippen molar-refractivity contribution in [2.45, 2.75) is 64.5 Å². The van der Waals surface area contributed by atoms with Crippen LogP contribution in [-0.2, 0) is 14.3 Å². The molecule has 1 amide bonds. The molecule has 5 nitrogen and oxygen atoms in total. The summed E-state index contributed by atoms with van der Waals surface area (Å²) in [7, 11) is 0. The molecule has 2 saturated heterocycles. The van der Waals surface area contributed by atoms with Gasteiger partial charge in [-0.2, -0.15) is 0 Å². The highest BCUT2D eigenvalue weighted by Gasteiger charge is 2.34. The third kappa shape index (κ3) is 4.20. The summed E-state index contributed by atoms with van der Waals surface area (Å²) in [5.41, 5.74) is -0.514. The van der Waals surface area contributed by atoms with Gasteiger partial charge in [-0.05, 0) is 37.0 Å². The Morgan fingerprint density at radius 1 is 1.20 bits per heavy atom. The number of ether oxygens (including phenoxy) is 1. The quantitative estimate of drug-likeness (QED) is 0.808. The molecule has 3 fully saturated rings. The number of nitrogens with one attached hydrogen (secondary N) is 1. The predicted molar refractivity (Wildman–Crippen MR) is 74.3 cm³/mol. The maximum absolute atomic E-state index is 12.1. The van der Waals surface area contributed by atoms with E-state index in [4.69, 9.17) is 9.84 Å². The normalized spacial score (nSPS) is 29.8. The smallest absolute Gasteiger partial charge is 0.303 e. The van der Waals surface area contributed by atoms with Crippen molar-refractivity contribution in [1.82, 2.24) is 5.32 Å². The van der Waals surface area contributed by atoms with E-state index in [0.717, 1.165) is 25.9 Å². The Morgan fingerprint density at radius 2 is 1.90 bits per heavy atom. The van der Waals surface area contributed by atoms with Crippen molar-refractivity contribution in [1.29, 1.82) is 0 Å². The summed E-state index contributed by atoms with van der Waals surface area (Å²) in [4.78, 5) is 22.9. The van der Waals surface area contributed by atoms with E-state index >= 15 is 0 Å². The second-order valence-corrected chi connectivity index (χ2v) is 6.98. The number of amides is 1. The highest BCUT2D eigenvalue weighted by atomic mass is 16.5. The number of hydrogen-bond donors (Lipinski definition) is 2. The molecule has 114 valence electrons. The van der Waals surface area contributed by atoms with Gasteiger partial charge < -0.3 is 15.2 Å². The van der Waals surface area contributed by atoms with Crippen LogP contribution in [0.3, 0.4) is 0 Å². The lowest BCUT2D eigenvalue weighted by Crippen LogP contribution is -2.45. The predicted octanol–water partition coefficient (Wildman–Crippen LogP) is 1.95. The van der Waals surface area contributed by atoms with Crippen molar-refractivity contribution in [2.24, 2.45) is 11.3 Å². The highest BCUT2D eigenvalue weighted by molar-refractivity contribution is 5.78. The van der Waals surface area contributed by atoms with E-state index in [1.54, 1.807) is 0 Å². The average Bonchev–Trinajstić information content (AvgIpc) is 2.60. The standard InChI is InChI=1S/C15H25NO4/c1-15(2,8-14(18)19)7-13(17)16-11-5-3-10-4-6-12(11)20-9-10/h10-12H,3-9H2,1-2H3,(H,16,17)(H,18,19). The number of carboxylic acids is 1. The van der Waals surface area contributed by atoms with Crippen LogP contribution in [-0.4, -0.2) is 35.7 Å². The zero-order valence-corrected chi connectivity index (χ0v) is 12.4. The van der Waals surface area contributed by atoms with Crippen molar-refractivity contribution in [3.8, 4) is 0 Å². The van der Waals surface area contributed by atoms with Crippen molar-refractivity contribution >= 4 is 11.9 Å². The Morgan fingerprint density at radius 3 is 2.50 bits per heavy atom. The maximum atomic E-state index is 12.1. The molecule has 0 aromatic carbocycles. The topological polar surface area (TPSA) is 75.6 Å². The molecular formula is C15H25NO4. The van der Waals surface area contributed by atoms with Crippen LogP contribution >= 0.6 is 0 Å². The Balaban J connectivity index is 1.86. The first-order valence-electron chi connectivity index (χ1n) is 7.48. The Bertz CT molecular complexity index is 372.